The molecule has 0 radical (unpaired) electrons. The minimum atomic E-state index is 0.378. The van der Waals surface area contributed by atoms with Gasteiger partial charge in [0, 0.05) is 13.2 Å². The van der Waals surface area contributed by atoms with Crippen molar-refractivity contribution in [1.82, 2.24) is 0 Å². The zero-order valence-corrected chi connectivity index (χ0v) is 8.60. The molecule has 80 valence electrons. The van der Waals surface area contributed by atoms with Crippen LogP contribution in [-0.2, 0) is 0 Å². The maximum atomic E-state index is 9.34. The Morgan fingerprint density at radius 2 is 1.64 bits per heavy atom. The predicted molar refractivity (Wildman–Crippen MR) is 53.6 cm³/mol. The van der Waals surface area contributed by atoms with E-state index in [0.29, 0.717) is 25.0 Å². The van der Waals surface area contributed by atoms with Gasteiger partial charge in [-0.25, -0.2) is 0 Å². The average Bonchev–Trinajstić information content (AvgIpc) is 2.87. The van der Waals surface area contributed by atoms with Crippen LogP contribution in [0, 0.1) is 35.5 Å². The summed E-state index contributed by atoms with van der Waals surface area (Å²) < 4.78 is 0. The van der Waals surface area contributed by atoms with Crippen LogP contribution in [0.5, 0.6) is 0 Å². The van der Waals surface area contributed by atoms with Crippen LogP contribution >= 0.6 is 0 Å². The summed E-state index contributed by atoms with van der Waals surface area (Å²) in [4.78, 5) is 0. The zero-order valence-electron chi connectivity index (χ0n) is 8.60. The fraction of sp³-hybridized carbons (Fsp3) is 1.00. The molecular formula is C12H20O2. The molecule has 2 heteroatoms. The second kappa shape index (κ2) is 3.21. The molecule has 0 aliphatic heterocycles. The molecule has 3 aliphatic carbocycles. The van der Waals surface area contributed by atoms with Gasteiger partial charge in [0.25, 0.3) is 0 Å². The quantitative estimate of drug-likeness (QED) is 0.698. The highest BCUT2D eigenvalue weighted by atomic mass is 16.3. The van der Waals surface area contributed by atoms with E-state index in [1.54, 1.807) is 0 Å². The van der Waals surface area contributed by atoms with Crippen molar-refractivity contribution in [2.75, 3.05) is 13.2 Å². The highest BCUT2D eigenvalue weighted by molar-refractivity contribution is 5.05. The van der Waals surface area contributed by atoms with Crippen LogP contribution in [0.2, 0.25) is 0 Å². The summed E-state index contributed by atoms with van der Waals surface area (Å²) in [6.07, 6.45) is 5.18. The first-order valence-electron chi connectivity index (χ1n) is 6.07. The van der Waals surface area contributed by atoms with Crippen molar-refractivity contribution in [2.45, 2.75) is 25.7 Å². The van der Waals surface area contributed by atoms with E-state index in [1.807, 2.05) is 0 Å². The summed E-state index contributed by atoms with van der Waals surface area (Å²) in [6, 6.07) is 0. The summed E-state index contributed by atoms with van der Waals surface area (Å²) in [5.41, 5.74) is 0. The Balaban J connectivity index is 1.82. The zero-order chi connectivity index (χ0) is 9.71. The van der Waals surface area contributed by atoms with Crippen molar-refractivity contribution >= 4 is 0 Å². The van der Waals surface area contributed by atoms with Crippen molar-refractivity contribution in [3.8, 4) is 0 Å². The van der Waals surface area contributed by atoms with Gasteiger partial charge in [-0.3, -0.25) is 0 Å². The lowest BCUT2D eigenvalue weighted by Gasteiger charge is -2.33. The third kappa shape index (κ3) is 1.04. The number of hydrogen-bond acceptors (Lipinski definition) is 2. The van der Waals surface area contributed by atoms with Crippen molar-refractivity contribution in [3.63, 3.8) is 0 Å². The van der Waals surface area contributed by atoms with E-state index in [2.05, 4.69) is 0 Å². The molecule has 6 atom stereocenters. The van der Waals surface area contributed by atoms with E-state index < -0.39 is 0 Å². The van der Waals surface area contributed by atoms with Gasteiger partial charge in [-0.1, -0.05) is 0 Å². The van der Waals surface area contributed by atoms with E-state index >= 15 is 0 Å². The van der Waals surface area contributed by atoms with E-state index in [0.717, 1.165) is 23.7 Å². The molecule has 2 bridgehead atoms. The van der Waals surface area contributed by atoms with Crippen LogP contribution in [0.15, 0.2) is 0 Å². The Bertz CT molecular complexity index is 228. The standard InChI is InChI=1S/C12H20O2/c13-5-7-1-2-10-8-3-9(6-14)11(4-8)12(7)10/h7-14H,1-6H2/t7-,8-,9-,10-,11-,12-/m1/s1. The molecule has 0 spiro atoms. The highest BCUT2D eigenvalue weighted by Gasteiger charge is 2.56. The third-order valence-electron chi connectivity index (χ3n) is 5.26. The topological polar surface area (TPSA) is 40.5 Å². The van der Waals surface area contributed by atoms with Gasteiger partial charge in [0.2, 0.25) is 0 Å². The van der Waals surface area contributed by atoms with Gasteiger partial charge in [-0.15, -0.1) is 0 Å². The molecule has 0 heterocycles. The van der Waals surface area contributed by atoms with Gasteiger partial charge in [0.1, 0.15) is 0 Å². The molecule has 3 aliphatic rings. The first-order valence-corrected chi connectivity index (χ1v) is 6.07. The Hall–Kier alpha value is -0.0800. The molecule has 2 nitrogen and oxygen atoms in total. The molecule has 3 fully saturated rings. The number of hydrogen-bond donors (Lipinski definition) is 2. The molecule has 0 saturated heterocycles. The van der Waals surface area contributed by atoms with Crippen LogP contribution in [0.1, 0.15) is 25.7 Å². The second-order valence-electron chi connectivity index (χ2n) is 5.60. The van der Waals surface area contributed by atoms with E-state index in [4.69, 9.17) is 0 Å². The fourth-order valence-corrected chi connectivity index (χ4v) is 4.80. The smallest absolute Gasteiger partial charge is 0.0462 e. The van der Waals surface area contributed by atoms with Crippen molar-refractivity contribution in [2.24, 2.45) is 35.5 Å². The molecule has 0 aromatic heterocycles. The van der Waals surface area contributed by atoms with Crippen molar-refractivity contribution < 1.29 is 10.2 Å². The Morgan fingerprint density at radius 3 is 2.36 bits per heavy atom. The van der Waals surface area contributed by atoms with Crippen LogP contribution in [0.4, 0.5) is 0 Å². The van der Waals surface area contributed by atoms with Gasteiger partial charge < -0.3 is 10.2 Å². The molecule has 3 saturated carbocycles. The van der Waals surface area contributed by atoms with Crippen molar-refractivity contribution in [3.05, 3.63) is 0 Å². The Kier molecular flexibility index (Phi) is 2.10. The lowest BCUT2D eigenvalue weighted by Crippen LogP contribution is -2.31. The summed E-state index contributed by atoms with van der Waals surface area (Å²) in [5.74, 6) is 4.42. The first-order chi connectivity index (χ1) is 6.85. The lowest BCUT2D eigenvalue weighted by molar-refractivity contribution is 0.0794. The number of aliphatic hydroxyl groups excluding tert-OH is 2. The second-order valence-corrected chi connectivity index (χ2v) is 5.60. The van der Waals surface area contributed by atoms with E-state index in [-0.39, 0.29) is 0 Å². The summed E-state index contributed by atoms with van der Waals surface area (Å²) in [6.45, 7) is 0.755. The summed E-state index contributed by atoms with van der Waals surface area (Å²) in [7, 11) is 0. The van der Waals surface area contributed by atoms with Gasteiger partial charge >= 0.3 is 0 Å². The molecule has 0 amide bonds. The van der Waals surface area contributed by atoms with Gasteiger partial charge in [-0.05, 0) is 61.2 Å². The monoisotopic (exact) mass is 196 g/mol. The molecule has 0 unspecified atom stereocenters. The fourth-order valence-electron chi connectivity index (χ4n) is 4.80. The molecule has 14 heavy (non-hydrogen) atoms. The normalized spacial score (nSPS) is 55.3. The minimum absolute atomic E-state index is 0.378. The number of fused-ring (bicyclic) bond motifs is 5. The SMILES string of the molecule is OC[C@H]1C[C@@H]2C[C@H]1[C@@H]1[C@@H](CO)CC[C@H]21. The molecule has 0 aromatic rings. The molecule has 0 aromatic carbocycles. The van der Waals surface area contributed by atoms with Gasteiger partial charge in [-0.2, -0.15) is 0 Å². The van der Waals surface area contributed by atoms with E-state index in [9.17, 15) is 10.2 Å². The highest BCUT2D eigenvalue weighted by Crippen LogP contribution is 2.62. The Morgan fingerprint density at radius 1 is 0.857 bits per heavy atom. The van der Waals surface area contributed by atoms with Gasteiger partial charge in [0.05, 0.1) is 0 Å². The predicted octanol–water partition coefficient (Wildman–Crippen LogP) is 1.27. The Labute approximate surface area is 85.3 Å². The third-order valence-corrected chi connectivity index (χ3v) is 5.26. The minimum Gasteiger partial charge on any atom is -0.396 e. The van der Waals surface area contributed by atoms with Crippen LogP contribution in [-0.4, -0.2) is 23.4 Å². The van der Waals surface area contributed by atoms with Crippen LogP contribution < -0.4 is 0 Å². The van der Waals surface area contributed by atoms with Crippen molar-refractivity contribution in [1.29, 1.82) is 0 Å². The van der Waals surface area contributed by atoms with Gasteiger partial charge in [0.15, 0.2) is 0 Å². The average molecular weight is 196 g/mol. The molecular weight excluding hydrogens is 176 g/mol. The molecule has 2 N–H and O–H groups in total. The first kappa shape index (κ1) is 9.17. The van der Waals surface area contributed by atoms with Crippen LogP contribution in [0.25, 0.3) is 0 Å². The number of rotatable bonds is 2. The summed E-state index contributed by atoms with van der Waals surface area (Å²) in [5, 5.41) is 18.6. The van der Waals surface area contributed by atoms with E-state index in [1.165, 1.54) is 25.7 Å². The lowest BCUT2D eigenvalue weighted by atomic mass is 9.73. The maximum absolute atomic E-state index is 9.34. The maximum Gasteiger partial charge on any atom is 0.0462 e. The van der Waals surface area contributed by atoms with Crippen LogP contribution in [0.3, 0.4) is 0 Å². The number of aliphatic hydroxyl groups is 2. The largest absolute Gasteiger partial charge is 0.396 e. The summed E-state index contributed by atoms with van der Waals surface area (Å²) >= 11 is 0. The molecule has 3 rings (SSSR count).